The van der Waals surface area contributed by atoms with Crippen molar-refractivity contribution in [3.63, 3.8) is 0 Å². The number of halogens is 2. The second-order valence-corrected chi connectivity index (χ2v) is 8.39. The maximum atomic E-state index is 14.6. The number of rotatable bonds is 3. The molecule has 2 aliphatic rings. The van der Waals surface area contributed by atoms with Crippen molar-refractivity contribution in [2.45, 2.75) is 77.6 Å². The summed E-state index contributed by atoms with van der Waals surface area (Å²) in [5.74, 6) is 6.97. The molecule has 2 aliphatic carbocycles. The minimum Gasteiger partial charge on any atom is -0.206 e. The summed E-state index contributed by atoms with van der Waals surface area (Å²) in [6, 6.07) is 3.06. The first-order chi connectivity index (χ1) is 13.1. The quantitative estimate of drug-likeness (QED) is 0.384. The SMILES string of the molecule is C/C=C/[C@H]1CC[C@H](c2cc(F)c(C#C[C@H]3CC[C@H](CC)CC3)c(F)c2)CC1. The Labute approximate surface area is 163 Å². The molecular weight excluding hydrogens is 338 g/mol. The second-order valence-electron chi connectivity index (χ2n) is 8.39. The van der Waals surface area contributed by atoms with Gasteiger partial charge in [-0.1, -0.05) is 37.3 Å². The molecule has 0 saturated heterocycles. The van der Waals surface area contributed by atoms with E-state index in [1.54, 1.807) is 0 Å². The molecule has 2 heteroatoms. The van der Waals surface area contributed by atoms with Gasteiger partial charge in [0.2, 0.25) is 0 Å². The first-order valence-electron chi connectivity index (χ1n) is 10.7. The number of benzene rings is 1. The van der Waals surface area contributed by atoms with E-state index >= 15 is 0 Å². The Bertz CT molecular complexity index is 683. The van der Waals surface area contributed by atoms with Crippen molar-refractivity contribution in [2.24, 2.45) is 17.8 Å². The third kappa shape index (κ3) is 5.22. The molecular formula is C25H32F2. The van der Waals surface area contributed by atoms with Crippen LogP contribution in [0.2, 0.25) is 0 Å². The Kier molecular flexibility index (Phi) is 7.11. The van der Waals surface area contributed by atoms with E-state index in [4.69, 9.17) is 0 Å². The fourth-order valence-electron chi connectivity index (χ4n) is 4.75. The molecule has 1 aromatic rings. The van der Waals surface area contributed by atoms with Crippen LogP contribution >= 0.6 is 0 Å². The van der Waals surface area contributed by atoms with E-state index < -0.39 is 11.6 Å². The van der Waals surface area contributed by atoms with Crippen LogP contribution in [0.15, 0.2) is 24.3 Å². The molecule has 2 saturated carbocycles. The van der Waals surface area contributed by atoms with Gasteiger partial charge in [0.1, 0.15) is 11.6 Å². The van der Waals surface area contributed by atoms with Crippen LogP contribution in [-0.2, 0) is 0 Å². The van der Waals surface area contributed by atoms with E-state index in [0.717, 1.165) is 50.0 Å². The van der Waals surface area contributed by atoms with Crippen molar-refractivity contribution in [1.82, 2.24) is 0 Å². The maximum Gasteiger partial charge on any atom is 0.142 e. The Balaban J connectivity index is 1.67. The summed E-state index contributed by atoms with van der Waals surface area (Å²) >= 11 is 0. The van der Waals surface area contributed by atoms with Crippen LogP contribution in [0.4, 0.5) is 8.78 Å². The molecule has 0 N–H and O–H groups in total. The van der Waals surface area contributed by atoms with Crippen molar-refractivity contribution in [3.8, 4) is 11.8 Å². The van der Waals surface area contributed by atoms with Crippen LogP contribution in [0.3, 0.4) is 0 Å². The lowest BCUT2D eigenvalue weighted by Crippen LogP contribution is -2.13. The minimum atomic E-state index is -0.490. The Morgan fingerprint density at radius 3 is 2.15 bits per heavy atom. The van der Waals surface area contributed by atoms with Crippen LogP contribution in [0.1, 0.15) is 88.7 Å². The Morgan fingerprint density at radius 1 is 0.963 bits per heavy atom. The van der Waals surface area contributed by atoms with Gasteiger partial charge >= 0.3 is 0 Å². The molecule has 0 aliphatic heterocycles. The van der Waals surface area contributed by atoms with Gasteiger partial charge < -0.3 is 0 Å². The average Bonchev–Trinajstić information content (AvgIpc) is 2.68. The summed E-state index contributed by atoms with van der Waals surface area (Å²) in [6.45, 7) is 4.28. The fourth-order valence-corrected chi connectivity index (χ4v) is 4.75. The normalized spacial score (nSPS) is 28.7. The Morgan fingerprint density at radius 2 is 1.59 bits per heavy atom. The minimum absolute atomic E-state index is 0.0426. The van der Waals surface area contributed by atoms with Crippen LogP contribution in [-0.4, -0.2) is 0 Å². The zero-order valence-electron chi connectivity index (χ0n) is 16.7. The largest absolute Gasteiger partial charge is 0.206 e. The lowest BCUT2D eigenvalue weighted by atomic mass is 9.78. The van der Waals surface area contributed by atoms with Crippen molar-refractivity contribution in [2.75, 3.05) is 0 Å². The van der Waals surface area contributed by atoms with Crippen LogP contribution in [0.25, 0.3) is 0 Å². The molecule has 0 atom stereocenters. The molecule has 0 bridgehead atoms. The number of hydrogen-bond donors (Lipinski definition) is 0. The molecule has 3 rings (SSSR count). The lowest BCUT2D eigenvalue weighted by molar-refractivity contribution is 0.309. The highest BCUT2D eigenvalue weighted by molar-refractivity contribution is 5.40. The van der Waals surface area contributed by atoms with E-state index in [0.29, 0.717) is 5.92 Å². The van der Waals surface area contributed by atoms with Gasteiger partial charge in [-0.25, -0.2) is 8.78 Å². The standard InChI is InChI=1S/C25H32F2/c1-3-5-19-10-13-21(14-11-19)22-16-24(26)23(25(27)17-22)15-12-20-8-6-18(4-2)7-9-20/h3,5,16-21H,4,6-11,13-14H2,1-2H3/b5-3+/t18-,19-,20-,21-. The smallest absolute Gasteiger partial charge is 0.142 e. The van der Waals surface area contributed by atoms with Gasteiger partial charge in [-0.3, -0.25) is 0 Å². The molecule has 0 aromatic heterocycles. The second kappa shape index (κ2) is 9.54. The zero-order valence-corrected chi connectivity index (χ0v) is 16.7. The first-order valence-corrected chi connectivity index (χ1v) is 10.7. The van der Waals surface area contributed by atoms with Gasteiger partial charge in [0, 0.05) is 5.92 Å². The summed E-state index contributed by atoms with van der Waals surface area (Å²) < 4.78 is 29.2. The predicted octanol–water partition coefficient (Wildman–Crippen LogP) is 7.38. The monoisotopic (exact) mass is 370 g/mol. The van der Waals surface area contributed by atoms with E-state index in [1.165, 1.54) is 31.4 Å². The molecule has 2 fully saturated rings. The van der Waals surface area contributed by atoms with Gasteiger partial charge in [0.05, 0.1) is 5.56 Å². The Hall–Kier alpha value is -1.62. The van der Waals surface area contributed by atoms with E-state index in [1.807, 2.05) is 6.92 Å². The molecule has 0 spiro atoms. The number of hydrogen-bond acceptors (Lipinski definition) is 0. The highest BCUT2D eigenvalue weighted by Gasteiger charge is 2.23. The summed E-state index contributed by atoms with van der Waals surface area (Å²) in [5.41, 5.74) is 0.761. The molecule has 0 nitrogen and oxygen atoms in total. The van der Waals surface area contributed by atoms with Crippen LogP contribution in [0, 0.1) is 41.2 Å². The van der Waals surface area contributed by atoms with Gasteiger partial charge in [-0.2, -0.15) is 0 Å². The molecule has 0 radical (unpaired) electrons. The van der Waals surface area contributed by atoms with E-state index in [2.05, 4.69) is 30.9 Å². The highest BCUT2D eigenvalue weighted by atomic mass is 19.1. The van der Waals surface area contributed by atoms with Gasteiger partial charge in [0.15, 0.2) is 0 Å². The third-order valence-electron chi connectivity index (χ3n) is 6.60. The molecule has 146 valence electrons. The molecule has 0 amide bonds. The number of allylic oxidation sites excluding steroid dienone is 2. The maximum absolute atomic E-state index is 14.6. The van der Waals surface area contributed by atoms with Gasteiger partial charge in [0.25, 0.3) is 0 Å². The van der Waals surface area contributed by atoms with Crippen molar-refractivity contribution < 1.29 is 8.78 Å². The summed E-state index contributed by atoms with van der Waals surface area (Å²) in [6.07, 6.45) is 14.3. The summed E-state index contributed by atoms with van der Waals surface area (Å²) in [5, 5.41) is 0. The third-order valence-corrected chi connectivity index (χ3v) is 6.60. The zero-order chi connectivity index (χ0) is 19.2. The average molecular weight is 371 g/mol. The lowest BCUT2D eigenvalue weighted by Gasteiger charge is -2.27. The van der Waals surface area contributed by atoms with Gasteiger partial charge in [-0.15, -0.1) is 0 Å². The van der Waals surface area contributed by atoms with E-state index in [-0.39, 0.29) is 17.4 Å². The van der Waals surface area contributed by atoms with Crippen molar-refractivity contribution in [1.29, 1.82) is 0 Å². The van der Waals surface area contributed by atoms with E-state index in [9.17, 15) is 8.78 Å². The summed E-state index contributed by atoms with van der Waals surface area (Å²) in [7, 11) is 0. The van der Waals surface area contributed by atoms with Crippen molar-refractivity contribution >= 4 is 0 Å². The molecule has 27 heavy (non-hydrogen) atoms. The molecule has 0 heterocycles. The van der Waals surface area contributed by atoms with Crippen molar-refractivity contribution in [3.05, 3.63) is 47.0 Å². The molecule has 0 unspecified atom stereocenters. The fraction of sp³-hybridized carbons (Fsp3) is 0.600. The summed E-state index contributed by atoms with van der Waals surface area (Å²) in [4.78, 5) is 0. The van der Waals surface area contributed by atoms with Crippen LogP contribution in [0.5, 0.6) is 0 Å². The topological polar surface area (TPSA) is 0 Å². The predicted molar refractivity (Wildman–Crippen MR) is 108 cm³/mol. The highest BCUT2D eigenvalue weighted by Crippen LogP contribution is 2.37. The van der Waals surface area contributed by atoms with Crippen LogP contribution < -0.4 is 0 Å². The van der Waals surface area contributed by atoms with Gasteiger partial charge in [-0.05, 0) is 93.7 Å². The first kappa shape index (κ1) is 20.1. The molecule has 1 aromatic carbocycles.